The van der Waals surface area contributed by atoms with Crippen LogP contribution >= 0.6 is 0 Å². The average molecular weight is 409 g/mol. The maximum absolute atomic E-state index is 13.0. The molecule has 1 amide bonds. The molecule has 3 aromatic rings. The van der Waals surface area contributed by atoms with Crippen molar-refractivity contribution in [3.05, 3.63) is 24.5 Å². The summed E-state index contributed by atoms with van der Waals surface area (Å²) in [7, 11) is 0. The summed E-state index contributed by atoms with van der Waals surface area (Å²) >= 11 is 0. The standard InChI is InChI=1S/C21H28N8O/c1-5-16(21(30)28-8-7-13(3)11-28)26-18-17-20(25-12-24-18)29(6-2)19(27-17)15-9-22-14(4)23-10-15/h9-10,12-13,16H,5-8,11H2,1-4H3,(H,24,25,26)/t13-,16-/m1/s1. The van der Waals surface area contributed by atoms with Gasteiger partial charge in [0.25, 0.3) is 0 Å². The highest BCUT2D eigenvalue weighted by molar-refractivity contribution is 5.90. The largest absolute Gasteiger partial charge is 0.356 e. The molecule has 2 atom stereocenters. The minimum absolute atomic E-state index is 0.121. The lowest BCUT2D eigenvalue weighted by Crippen LogP contribution is -2.41. The van der Waals surface area contributed by atoms with Gasteiger partial charge in [-0.2, -0.15) is 0 Å². The van der Waals surface area contributed by atoms with E-state index in [4.69, 9.17) is 4.98 Å². The number of carbonyl (C=O) groups excluding carboxylic acids is 1. The van der Waals surface area contributed by atoms with Crippen LogP contribution in [-0.2, 0) is 11.3 Å². The number of nitrogens with one attached hydrogen (secondary N) is 1. The maximum Gasteiger partial charge on any atom is 0.245 e. The van der Waals surface area contributed by atoms with E-state index in [1.165, 1.54) is 6.33 Å². The molecule has 0 saturated carbocycles. The highest BCUT2D eigenvalue weighted by Gasteiger charge is 2.29. The normalized spacial score (nSPS) is 17.5. The number of nitrogens with zero attached hydrogens (tertiary/aromatic N) is 7. The smallest absolute Gasteiger partial charge is 0.245 e. The molecule has 4 rings (SSSR count). The SMILES string of the molecule is CC[C@@H](Nc1ncnc2c1nc(-c1cnc(C)nc1)n2CC)C(=O)N1CC[C@@H](C)C1. The molecule has 1 N–H and O–H groups in total. The summed E-state index contributed by atoms with van der Waals surface area (Å²) in [6.45, 7) is 10.4. The van der Waals surface area contributed by atoms with Crippen LogP contribution in [0.3, 0.4) is 0 Å². The molecular formula is C21H28N8O. The number of anilines is 1. The van der Waals surface area contributed by atoms with Gasteiger partial charge in [0.15, 0.2) is 17.0 Å². The molecule has 1 aliphatic heterocycles. The van der Waals surface area contributed by atoms with Crippen LogP contribution in [0.5, 0.6) is 0 Å². The van der Waals surface area contributed by atoms with E-state index in [1.807, 2.05) is 30.2 Å². The fraction of sp³-hybridized carbons (Fsp3) is 0.524. The molecule has 9 nitrogen and oxygen atoms in total. The third-order valence-corrected chi connectivity index (χ3v) is 5.64. The molecular weight excluding hydrogens is 380 g/mol. The zero-order chi connectivity index (χ0) is 21.3. The van der Waals surface area contributed by atoms with Crippen LogP contribution in [0.1, 0.15) is 39.4 Å². The van der Waals surface area contributed by atoms with Gasteiger partial charge in [0.05, 0.1) is 5.56 Å². The molecule has 0 spiro atoms. The van der Waals surface area contributed by atoms with Crippen molar-refractivity contribution in [3.8, 4) is 11.4 Å². The third kappa shape index (κ3) is 3.71. The summed E-state index contributed by atoms with van der Waals surface area (Å²) < 4.78 is 2.02. The van der Waals surface area contributed by atoms with Crippen molar-refractivity contribution in [2.75, 3.05) is 18.4 Å². The minimum atomic E-state index is -0.341. The first-order valence-electron chi connectivity index (χ1n) is 10.6. The number of aryl methyl sites for hydroxylation is 2. The van der Waals surface area contributed by atoms with Gasteiger partial charge in [-0.25, -0.2) is 24.9 Å². The molecule has 0 radical (unpaired) electrons. The first-order valence-corrected chi connectivity index (χ1v) is 10.6. The quantitative estimate of drug-likeness (QED) is 0.669. The van der Waals surface area contributed by atoms with Crippen LogP contribution in [0, 0.1) is 12.8 Å². The van der Waals surface area contributed by atoms with E-state index in [-0.39, 0.29) is 11.9 Å². The van der Waals surface area contributed by atoms with Gasteiger partial charge in [-0.1, -0.05) is 13.8 Å². The van der Waals surface area contributed by atoms with E-state index in [1.54, 1.807) is 12.4 Å². The van der Waals surface area contributed by atoms with E-state index in [2.05, 4.69) is 32.2 Å². The van der Waals surface area contributed by atoms with Crippen LogP contribution in [0.25, 0.3) is 22.6 Å². The second kappa shape index (κ2) is 8.33. The fourth-order valence-electron chi connectivity index (χ4n) is 3.93. The van der Waals surface area contributed by atoms with Crippen molar-refractivity contribution in [2.24, 2.45) is 5.92 Å². The zero-order valence-corrected chi connectivity index (χ0v) is 18.0. The number of fused-ring (bicyclic) bond motifs is 1. The Morgan fingerprint density at radius 1 is 1.23 bits per heavy atom. The van der Waals surface area contributed by atoms with Crippen molar-refractivity contribution in [3.63, 3.8) is 0 Å². The Bertz CT molecular complexity index is 1050. The lowest BCUT2D eigenvalue weighted by Gasteiger charge is -2.23. The highest BCUT2D eigenvalue weighted by Crippen LogP contribution is 2.27. The summed E-state index contributed by atoms with van der Waals surface area (Å²) in [6.07, 6.45) is 6.78. The van der Waals surface area contributed by atoms with E-state index in [9.17, 15) is 4.79 Å². The summed E-state index contributed by atoms with van der Waals surface area (Å²) in [5.41, 5.74) is 2.19. The van der Waals surface area contributed by atoms with E-state index in [0.717, 1.165) is 36.5 Å². The van der Waals surface area contributed by atoms with Gasteiger partial charge in [-0.05, 0) is 32.6 Å². The second-order valence-electron chi connectivity index (χ2n) is 7.88. The van der Waals surface area contributed by atoms with Crippen molar-refractivity contribution < 1.29 is 4.79 Å². The molecule has 3 aromatic heterocycles. The number of hydrogen-bond acceptors (Lipinski definition) is 7. The van der Waals surface area contributed by atoms with Gasteiger partial charge in [0, 0.05) is 32.0 Å². The van der Waals surface area contributed by atoms with Crippen molar-refractivity contribution in [1.82, 2.24) is 34.4 Å². The molecule has 0 aliphatic carbocycles. The molecule has 0 unspecified atom stereocenters. The van der Waals surface area contributed by atoms with Gasteiger partial charge in [0.2, 0.25) is 5.91 Å². The fourth-order valence-corrected chi connectivity index (χ4v) is 3.93. The number of carbonyl (C=O) groups is 1. The Balaban J connectivity index is 1.69. The van der Waals surface area contributed by atoms with Gasteiger partial charge in [-0.3, -0.25) is 4.79 Å². The number of amides is 1. The Morgan fingerprint density at radius 2 is 2.00 bits per heavy atom. The molecule has 1 aliphatic rings. The van der Waals surface area contributed by atoms with Gasteiger partial charge in [-0.15, -0.1) is 0 Å². The van der Waals surface area contributed by atoms with E-state index in [0.29, 0.717) is 36.0 Å². The van der Waals surface area contributed by atoms with E-state index < -0.39 is 0 Å². The lowest BCUT2D eigenvalue weighted by atomic mass is 10.1. The van der Waals surface area contributed by atoms with Gasteiger partial charge >= 0.3 is 0 Å². The molecule has 0 aromatic carbocycles. The third-order valence-electron chi connectivity index (χ3n) is 5.64. The zero-order valence-electron chi connectivity index (χ0n) is 18.0. The number of imidazole rings is 1. The lowest BCUT2D eigenvalue weighted by molar-refractivity contribution is -0.131. The molecule has 0 bridgehead atoms. The summed E-state index contributed by atoms with van der Waals surface area (Å²) in [6, 6.07) is -0.341. The minimum Gasteiger partial charge on any atom is -0.356 e. The van der Waals surface area contributed by atoms with Crippen LogP contribution in [0.2, 0.25) is 0 Å². The highest BCUT2D eigenvalue weighted by atomic mass is 16.2. The second-order valence-corrected chi connectivity index (χ2v) is 7.88. The van der Waals surface area contributed by atoms with E-state index >= 15 is 0 Å². The summed E-state index contributed by atoms with van der Waals surface area (Å²) in [4.78, 5) is 37.2. The maximum atomic E-state index is 13.0. The molecule has 9 heteroatoms. The molecule has 158 valence electrons. The Hall–Kier alpha value is -3.10. The first-order chi connectivity index (χ1) is 14.5. The monoisotopic (exact) mass is 408 g/mol. The summed E-state index contributed by atoms with van der Waals surface area (Å²) in [5.74, 6) is 2.70. The topological polar surface area (TPSA) is 102 Å². The Morgan fingerprint density at radius 3 is 2.63 bits per heavy atom. The van der Waals surface area contributed by atoms with Crippen molar-refractivity contribution >= 4 is 22.9 Å². The average Bonchev–Trinajstić information content (AvgIpc) is 3.35. The van der Waals surface area contributed by atoms with Crippen molar-refractivity contribution in [2.45, 2.75) is 53.1 Å². The Labute approximate surface area is 176 Å². The molecule has 1 saturated heterocycles. The number of rotatable bonds is 6. The molecule has 4 heterocycles. The predicted octanol–water partition coefficient (Wildman–Crippen LogP) is 2.67. The van der Waals surface area contributed by atoms with Crippen LogP contribution < -0.4 is 5.32 Å². The molecule has 30 heavy (non-hydrogen) atoms. The first kappa shape index (κ1) is 20.2. The van der Waals surface area contributed by atoms with Crippen LogP contribution in [0.4, 0.5) is 5.82 Å². The van der Waals surface area contributed by atoms with Gasteiger partial charge < -0.3 is 14.8 Å². The Kier molecular flexibility index (Phi) is 5.61. The van der Waals surface area contributed by atoms with Crippen LogP contribution in [-0.4, -0.2) is 59.4 Å². The van der Waals surface area contributed by atoms with Gasteiger partial charge in [0.1, 0.15) is 24.0 Å². The van der Waals surface area contributed by atoms with Crippen molar-refractivity contribution in [1.29, 1.82) is 0 Å². The summed E-state index contributed by atoms with van der Waals surface area (Å²) in [5, 5.41) is 3.34. The predicted molar refractivity (Wildman–Crippen MR) is 115 cm³/mol. The number of likely N-dealkylation sites (tertiary alicyclic amines) is 1. The number of aromatic nitrogens is 6. The molecule has 1 fully saturated rings. The van der Waals surface area contributed by atoms with Crippen LogP contribution in [0.15, 0.2) is 18.7 Å². The number of hydrogen-bond donors (Lipinski definition) is 1.